The summed E-state index contributed by atoms with van der Waals surface area (Å²) in [6, 6.07) is 7.33. The van der Waals surface area contributed by atoms with Gasteiger partial charge in [-0.1, -0.05) is 19.1 Å². The second-order valence-electron chi connectivity index (χ2n) is 4.72. The zero-order valence-corrected chi connectivity index (χ0v) is 12.3. The van der Waals surface area contributed by atoms with Gasteiger partial charge < -0.3 is 10.6 Å². The van der Waals surface area contributed by atoms with Crippen molar-refractivity contribution in [1.29, 1.82) is 0 Å². The summed E-state index contributed by atoms with van der Waals surface area (Å²) < 4.78 is 13.5. The quantitative estimate of drug-likeness (QED) is 0.911. The van der Waals surface area contributed by atoms with Crippen LogP contribution in [0.1, 0.15) is 29.3 Å². The number of hydrogen-bond donors (Lipinski definition) is 2. The van der Waals surface area contributed by atoms with Crippen LogP contribution in [-0.4, -0.2) is 16.8 Å². The lowest BCUT2D eigenvalue weighted by Gasteiger charge is -2.10. The number of carbonyl (C=O) groups is 2. The Labute approximate surface area is 127 Å². The van der Waals surface area contributed by atoms with Crippen LogP contribution in [0, 0.1) is 12.7 Å². The molecule has 2 rings (SSSR count). The Kier molecular flexibility index (Phi) is 4.83. The average Bonchev–Trinajstić information content (AvgIpc) is 2.50. The minimum Gasteiger partial charge on any atom is -0.325 e. The molecule has 2 aromatic rings. The number of aromatic nitrogens is 1. The molecule has 2 N–H and O–H groups in total. The average molecular weight is 301 g/mol. The van der Waals surface area contributed by atoms with Gasteiger partial charge in [-0.25, -0.2) is 9.37 Å². The van der Waals surface area contributed by atoms with Crippen molar-refractivity contribution in [3.63, 3.8) is 0 Å². The first-order chi connectivity index (χ1) is 10.5. The molecule has 0 aliphatic heterocycles. The molecule has 0 saturated carbocycles. The highest BCUT2D eigenvalue weighted by atomic mass is 19.1. The standard InChI is InChI=1S/C16H16FN3O2/c1-3-15(21)19-13-9-18-14(8-10(13)2)20-16(22)11-6-4-5-7-12(11)17/h4-9H,3H2,1-2H3,(H,19,21)(H,18,20,22). The molecule has 1 heterocycles. The van der Waals surface area contributed by atoms with E-state index in [2.05, 4.69) is 15.6 Å². The van der Waals surface area contributed by atoms with Gasteiger partial charge in [0.2, 0.25) is 5.91 Å². The van der Waals surface area contributed by atoms with E-state index in [1.165, 1.54) is 24.4 Å². The maximum absolute atomic E-state index is 13.5. The molecule has 1 aromatic carbocycles. The molecule has 0 fully saturated rings. The largest absolute Gasteiger partial charge is 0.325 e. The number of rotatable bonds is 4. The maximum atomic E-state index is 13.5. The van der Waals surface area contributed by atoms with Gasteiger partial charge in [0.05, 0.1) is 17.4 Å². The number of anilines is 2. The number of carbonyl (C=O) groups excluding carboxylic acids is 2. The van der Waals surface area contributed by atoms with Gasteiger partial charge in [-0.3, -0.25) is 9.59 Å². The molecule has 114 valence electrons. The Morgan fingerprint density at radius 1 is 1.23 bits per heavy atom. The molecule has 0 aliphatic carbocycles. The minimum absolute atomic E-state index is 0.0506. The van der Waals surface area contributed by atoms with Crippen LogP contribution in [0.25, 0.3) is 0 Å². The summed E-state index contributed by atoms with van der Waals surface area (Å²) in [5, 5.41) is 5.24. The van der Waals surface area contributed by atoms with Crippen LogP contribution in [0.2, 0.25) is 0 Å². The molecule has 0 atom stereocenters. The van der Waals surface area contributed by atoms with Crippen LogP contribution in [0.3, 0.4) is 0 Å². The van der Waals surface area contributed by atoms with Crippen LogP contribution in [0.5, 0.6) is 0 Å². The normalized spacial score (nSPS) is 10.1. The Balaban J connectivity index is 2.14. The Morgan fingerprint density at radius 3 is 2.59 bits per heavy atom. The number of aryl methyl sites for hydroxylation is 1. The number of nitrogens with zero attached hydrogens (tertiary/aromatic N) is 1. The third-order valence-corrected chi connectivity index (χ3v) is 3.07. The summed E-state index contributed by atoms with van der Waals surface area (Å²) in [5.41, 5.74) is 1.28. The van der Waals surface area contributed by atoms with Crippen molar-refractivity contribution >= 4 is 23.3 Å². The fraction of sp³-hybridized carbons (Fsp3) is 0.188. The number of hydrogen-bond acceptors (Lipinski definition) is 3. The van der Waals surface area contributed by atoms with E-state index >= 15 is 0 Å². The van der Waals surface area contributed by atoms with Gasteiger partial charge in [-0.2, -0.15) is 0 Å². The van der Waals surface area contributed by atoms with E-state index in [-0.39, 0.29) is 11.5 Å². The molecule has 22 heavy (non-hydrogen) atoms. The lowest BCUT2D eigenvalue weighted by atomic mass is 10.2. The topological polar surface area (TPSA) is 71.1 Å². The van der Waals surface area contributed by atoms with Gasteiger partial charge in [0.1, 0.15) is 11.6 Å². The molecule has 0 unspecified atom stereocenters. The molecule has 0 bridgehead atoms. The van der Waals surface area contributed by atoms with E-state index in [9.17, 15) is 14.0 Å². The molecular weight excluding hydrogens is 285 g/mol. The Bertz CT molecular complexity index is 716. The van der Waals surface area contributed by atoms with Crippen molar-refractivity contribution in [2.45, 2.75) is 20.3 Å². The van der Waals surface area contributed by atoms with Crippen molar-refractivity contribution in [2.24, 2.45) is 0 Å². The maximum Gasteiger partial charge on any atom is 0.259 e. The van der Waals surface area contributed by atoms with E-state index in [0.717, 1.165) is 5.56 Å². The predicted molar refractivity (Wildman–Crippen MR) is 82.2 cm³/mol. The van der Waals surface area contributed by atoms with Crippen LogP contribution in [0.4, 0.5) is 15.9 Å². The Hall–Kier alpha value is -2.76. The second kappa shape index (κ2) is 6.80. The molecule has 0 radical (unpaired) electrons. The molecule has 0 saturated heterocycles. The summed E-state index contributed by atoms with van der Waals surface area (Å²) in [5.74, 6) is -0.993. The third-order valence-electron chi connectivity index (χ3n) is 3.07. The van der Waals surface area contributed by atoms with Crippen LogP contribution >= 0.6 is 0 Å². The number of nitrogens with one attached hydrogen (secondary N) is 2. The summed E-state index contributed by atoms with van der Waals surface area (Å²) >= 11 is 0. The van der Waals surface area contributed by atoms with Crippen LogP contribution in [0.15, 0.2) is 36.5 Å². The fourth-order valence-corrected chi connectivity index (χ4v) is 1.82. The summed E-state index contributed by atoms with van der Waals surface area (Å²) in [6.45, 7) is 3.53. The first-order valence-corrected chi connectivity index (χ1v) is 6.83. The van der Waals surface area contributed by atoms with Crippen LogP contribution < -0.4 is 10.6 Å². The van der Waals surface area contributed by atoms with Gasteiger partial charge in [0.25, 0.3) is 5.91 Å². The van der Waals surface area contributed by atoms with Gasteiger partial charge in [-0.05, 0) is 30.7 Å². The zero-order valence-electron chi connectivity index (χ0n) is 12.3. The van der Waals surface area contributed by atoms with Crippen molar-refractivity contribution in [3.05, 3.63) is 53.5 Å². The smallest absolute Gasteiger partial charge is 0.259 e. The number of halogens is 1. The van der Waals surface area contributed by atoms with E-state index in [1.54, 1.807) is 26.0 Å². The van der Waals surface area contributed by atoms with Crippen molar-refractivity contribution in [3.8, 4) is 0 Å². The SMILES string of the molecule is CCC(=O)Nc1cnc(NC(=O)c2ccccc2F)cc1C. The lowest BCUT2D eigenvalue weighted by Crippen LogP contribution is -2.15. The summed E-state index contributed by atoms with van der Waals surface area (Å²) in [4.78, 5) is 27.4. The lowest BCUT2D eigenvalue weighted by molar-refractivity contribution is -0.115. The molecule has 1 aromatic heterocycles. The highest BCUT2D eigenvalue weighted by Crippen LogP contribution is 2.18. The fourth-order valence-electron chi connectivity index (χ4n) is 1.82. The van der Waals surface area contributed by atoms with Gasteiger partial charge in [-0.15, -0.1) is 0 Å². The van der Waals surface area contributed by atoms with E-state index in [4.69, 9.17) is 0 Å². The molecule has 0 spiro atoms. The highest BCUT2D eigenvalue weighted by Gasteiger charge is 2.12. The summed E-state index contributed by atoms with van der Waals surface area (Å²) in [7, 11) is 0. The van der Waals surface area contributed by atoms with Crippen LogP contribution in [-0.2, 0) is 4.79 Å². The van der Waals surface area contributed by atoms with E-state index in [0.29, 0.717) is 17.9 Å². The number of amides is 2. The van der Waals surface area contributed by atoms with E-state index < -0.39 is 11.7 Å². The monoisotopic (exact) mass is 301 g/mol. The molecule has 2 amide bonds. The van der Waals surface area contributed by atoms with Gasteiger partial charge in [0, 0.05) is 6.42 Å². The minimum atomic E-state index is -0.594. The Morgan fingerprint density at radius 2 is 1.95 bits per heavy atom. The van der Waals surface area contributed by atoms with Crippen molar-refractivity contribution in [1.82, 2.24) is 4.98 Å². The van der Waals surface area contributed by atoms with Gasteiger partial charge >= 0.3 is 0 Å². The molecular formula is C16H16FN3O2. The first-order valence-electron chi connectivity index (χ1n) is 6.83. The van der Waals surface area contributed by atoms with E-state index in [1.807, 2.05) is 0 Å². The van der Waals surface area contributed by atoms with Crippen molar-refractivity contribution < 1.29 is 14.0 Å². The molecule has 0 aliphatic rings. The highest BCUT2D eigenvalue weighted by molar-refractivity contribution is 6.04. The first kappa shape index (κ1) is 15.6. The molecule has 6 heteroatoms. The number of pyridine rings is 1. The third kappa shape index (κ3) is 3.66. The molecule has 5 nitrogen and oxygen atoms in total. The van der Waals surface area contributed by atoms with Crippen molar-refractivity contribution in [2.75, 3.05) is 10.6 Å². The second-order valence-corrected chi connectivity index (χ2v) is 4.72. The predicted octanol–water partition coefficient (Wildman–Crippen LogP) is 3.13. The van der Waals surface area contributed by atoms with Gasteiger partial charge in [0.15, 0.2) is 0 Å². The number of benzene rings is 1. The summed E-state index contributed by atoms with van der Waals surface area (Å²) in [6.07, 6.45) is 1.82. The zero-order chi connectivity index (χ0) is 16.1.